The van der Waals surface area contributed by atoms with Gasteiger partial charge in [-0.15, -0.1) is 0 Å². The summed E-state index contributed by atoms with van der Waals surface area (Å²) >= 11 is 0. The van der Waals surface area contributed by atoms with Crippen LogP contribution >= 0.6 is 0 Å². The van der Waals surface area contributed by atoms with Gasteiger partial charge in [0.05, 0.1) is 11.7 Å². The molecule has 1 aliphatic heterocycles. The van der Waals surface area contributed by atoms with E-state index in [-0.39, 0.29) is 5.60 Å². The summed E-state index contributed by atoms with van der Waals surface area (Å²) in [4.78, 5) is 0. The van der Waals surface area contributed by atoms with Gasteiger partial charge < -0.3 is 15.0 Å². The molecule has 1 saturated carbocycles. The van der Waals surface area contributed by atoms with Crippen LogP contribution in [0.1, 0.15) is 50.6 Å². The topological polar surface area (TPSA) is 40.2 Å². The zero-order chi connectivity index (χ0) is 13.1. The van der Waals surface area contributed by atoms with Gasteiger partial charge in [-0.1, -0.05) is 19.3 Å². The van der Waals surface area contributed by atoms with E-state index in [1.54, 1.807) is 0 Å². The molecular weight excluding hydrogens is 236 g/mol. The van der Waals surface area contributed by atoms with Crippen LogP contribution < -0.4 is 5.73 Å². The van der Waals surface area contributed by atoms with Gasteiger partial charge in [-0.25, -0.2) is 0 Å². The van der Waals surface area contributed by atoms with Crippen molar-refractivity contribution in [2.45, 2.75) is 69.6 Å². The van der Waals surface area contributed by atoms with Crippen molar-refractivity contribution in [2.75, 3.05) is 6.54 Å². The molecule has 2 N–H and O–H groups in total. The van der Waals surface area contributed by atoms with E-state index in [1.165, 1.54) is 50.6 Å². The summed E-state index contributed by atoms with van der Waals surface area (Å²) in [5, 5.41) is 0. The van der Waals surface area contributed by atoms with Gasteiger partial charge in [0.25, 0.3) is 0 Å². The van der Waals surface area contributed by atoms with Crippen LogP contribution in [0.3, 0.4) is 0 Å². The molecule has 1 spiro atoms. The van der Waals surface area contributed by atoms with Gasteiger partial charge in [-0.05, 0) is 50.8 Å². The van der Waals surface area contributed by atoms with E-state index < -0.39 is 0 Å². The van der Waals surface area contributed by atoms with Crippen LogP contribution in [0.4, 0.5) is 0 Å². The first-order valence-electron chi connectivity index (χ1n) is 7.83. The molecule has 1 saturated heterocycles. The minimum absolute atomic E-state index is 0.240. The molecule has 1 aromatic rings. The number of ether oxygens (including phenoxy) is 1. The number of aromatic nitrogens is 1. The van der Waals surface area contributed by atoms with Gasteiger partial charge in [0, 0.05) is 18.4 Å². The van der Waals surface area contributed by atoms with Gasteiger partial charge in [-0.3, -0.25) is 0 Å². The van der Waals surface area contributed by atoms with Crippen molar-refractivity contribution in [1.29, 1.82) is 0 Å². The Morgan fingerprint density at radius 3 is 2.89 bits per heavy atom. The van der Waals surface area contributed by atoms with E-state index in [9.17, 15) is 0 Å². The zero-order valence-corrected chi connectivity index (χ0v) is 11.8. The van der Waals surface area contributed by atoms with Crippen molar-refractivity contribution in [3.63, 3.8) is 0 Å². The Balaban J connectivity index is 1.60. The summed E-state index contributed by atoms with van der Waals surface area (Å²) in [7, 11) is 0. The van der Waals surface area contributed by atoms with E-state index in [0.29, 0.717) is 6.10 Å². The highest BCUT2D eigenvalue weighted by molar-refractivity contribution is 5.08. The van der Waals surface area contributed by atoms with E-state index in [2.05, 4.69) is 22.9 Å². The largest absolute Gasteiger partial charge is 0.370 e. The Morgan fingerprint density at radius 1 is 1.26 bits per heavy atom. The molecule has 1 atom stereocenters. The highest BCUT2D eigenvalue weighted by atomic mass is 16.5. The molecule has 1 aliphatic carbocycles. The van der Waals surface area contributed by atoms with Crippen LogP contribution in [-0.2, 0) is 17.7 Å². The van der Waals surface area contributed by atoms with Crippen LogP contribution in [0.2, 0.25) is 0 Å². The first kappa shape index (κ1) is 13.2. The van der Waals surface area contributed by atoms with Crippen molar-refractivity contribution in [2.24, 2.45) is 5.73 Å². The fourth-order valence-corrected chi connectivity index (χ4v) is 3.81. The number of hydrogen-bond acceptors (Lipinski definition) is 2. The lowest BCUT2D eigenvalue weighted by Crippen LogP contribution is -2.32. The molecular formula is C16H26N2O. The van der Waals surface area contributed by atoms with Crippen LogP contribution in [0.25, 0.3) is 0 Å². The maximum atomic E-state index is 6.44. The molecule has 1 unspecified atom stereocenters. The molecule has 0 amide bonds. The molecule has 2 heterocycles. The summed E-state index contributed by atoms with van der Waals surface area (Å²) in [6, 6.07) is 4.30. The number of hydrogen-bond donors (Lipinski definition) is 1. The minimum Gasteiger partial charge on any atom is -0.370 e. The molecule has 19 heavy (non-hydrogen) atoms. The van der Waals surface area contributed by atoms with Gasteiger partial charge in [0.1, 0.15) is 0 Å². The quantitative estimate of drug-likeness (QED) is 0.906. The van der Waals surface area contributed by atoms with Crippen LogP contribution in [-0.4, -0.2) is 22.8 Å². The van der Waals surface area contributed by atoms with Crippen molar-refractivity contribution in [3.05, 3.63) is 24.0 Å². The SMILES string of the molecule is NCCc1cccn1CC1CCC2(CCCCC2)O1. The average molecular weight is 262 g/mol. The first-order valence-corrected chi connectivity index (χ1v) is 7.83. The second kappa shape index (κ2) is 5.68. The molecule has 106 valence electrons. The maximum Gasteiger partial charge on any atom is 0.0762 e. The Labute approximate surface area is 116 Å². The molecule has 0 radical (unpaired) electrons. The van der Waals surface area contributed by atoms with Crippen LogP contribution in [0.5, 0.6) is 0 Å². The Kier molecular flexibility index (Phi) is 3.94. The maximum absolute atomic E-state index is 6.44. The minimum atomic E-state index is 0.240. The van der Waals surface area contributed by atoms with E-state index >= 15 is 0 Å². The summed E-state index contributed by atoms with van der Waals surface area (Å²) in [5.74, 6) is 0. The molecule has 2 fully saturated rings. The van der Waals surface area contributed by atoms with Crippen LogP contribution in [0, 0.1) is 0 Å². The Bertz CT molecular complexity index is 407. The Hall–Kier alpha value is -0.800. The average Bonchev–Trinajstić information content (AvgIpc) is 3.00. The van der Waals surface area contributed by atoms with Crippen molar-refractivity contribution >= 4 is 0 Å². The summed E-state index contributed by atoms with van der Waals surface area (Å²) < 4.78 is 8.78. The predicted octanol–water partition coefficient (Wildman–Crippen LogP) is 2.87. The van der Waals surface area contributed by atoms with Gasteiger partial charge in [0.2, 0.25) is 0 Å². The highest BCUT2D eigenvalue weighted by Crippen LogP contribution is 2.42. The highest BCUT2D eigenvalue weighted by Gasteiger charge is 2.40. The van der Waals surface area contributed by atoms with Crippen molar-refractivity contribution in [3.8, 4) is 0 Å². The van der Waals surface area contributed by atoms with Crippen molar-refractivity contribution < 1.29 is 4.74 Å². The summed E-state index contributed by atoms with van der Waals surface area (Å²) in [6.45, 7) is 1.73. The van der Waals surface area contributed by atoms with Gasteiger partial charge >= 0.3 is 0 Å². The standard InChI is InChI=1S/C16H26N2O/c17-11-7-14-5-4-12-18(14)13-15-6-10-16(19-15)8-2-1-3-9-16/h4-5,12,15H,1-3,6-11,13,17H2. The van der Waals surface area contributed by atoms with E-state index in [0.717, 1.165) is 19.5 Å². The Morgan fingerprint density at radius 2 is 2.11 bits per heavy atom. The smallest absolute Gasteiger partial charge is 0.0762 e. The molecule has 0 bridgehead atoms. The summed E-state index contributed by atoms with van der Waals surface area (Å²) in [6.07, 6.45) is 12.7. The monoisotopic (exact) mass is 262 g/mol. The lowest BCUT2D eigenvalue weighted by Gasteiger charge is -2.33. The van der Waals surface area contributed by atoms with Gasteiger partial charge in [-0.2, -0.15) is 0 Å². The second-order valence-corrected chi connectivity index (χ2v) is 6.21. The van der Waals surface area contributed by atoms with E-state index in [1.807, 2.05) is 0 Å². The molecule has 3 nitrogen and oxygen atoms in total. The van der Waals surface area contributed by atoms with Gasteiger partial charge in [0.15, 0.2) is 0 Å². The fourth-order valence-electron chi connectivity index (χ4n) is 3.81. The molecule has 2 aliphatic rings. The molecule has 3 rings (SSSR count). The molecule has 3 heteroatoms. The third kappa shape index (κ3) is 2.87. The van der Waals surface area contributed by atoms with Crippen molar-refractivity contribution in [1.82, 2.24) is 4.57 Å². The number of rotatable bonds is 4. The van der Waals surface area contributed by atoms with E-state index in [4.69, 9.17) is 10.5 Å². The molecule has 1 aromatic heterocycles. The third-order valence-corrected chi connectivity index (χ3v) is 4.83. The zero-order valence-electron chi connectivity index (χ0n) is 11.8. The second-order valence-electron chi connectivity index (χ2n) is 6.21. The lowest BCUT2D eigenvalue weighted by atomic mass is 9.83. The number of nitrogens with two attached hydrogens (primary N) is 1. The molecule has 0 aromatic carbocycles. The first-order chi connectivity index (χ1) is 9.31. The normalized spacial score (nSPS) is 26.1. The number of nitrogens with zero attached hydrogens (tertiary/aromatic N) is 1. The lowest BCUT2D eigenvalue weighted by molar-refractivity contribution is -0.0681. The summed E-state index contributed by atoms with van der Waals surface area (Å²) in [5.41, 5.74) is 7.25. The van der Waals surface area contributed by atoms with Crippen LogP contribution in [0.15, 0.2) is 18.3 Å². The third-order valence-electron chi connectivity index (χ3n) is 4.83. The predicted molar refractivity (Wildman–Crippen MR) is 77.1 cm³/mol. The fraction of sp³-hybridized carbons (Fsp3) is 0.750.